The number of aromatic nitrogens is 4. The number of ether oxygens (including phenoxy) is 3. The van der Waals surface area contributed by atoms with Crippen LogP contribution in [0.5, 0.6) is 5.88 Å². The lowest BCUT2D eigenvalue weighted by atomic mass is 9.76. The molecule has 0 saturated carbocycles. The van der Waals surface area contributed by atoms with Gasteiger partial charge in [-0.2, -0.15) is 0 Å². The molecule has 1 saturated heterocycles. The van der Waals surface area contributed by atoms with Crippen LogP contribution in [-0.2, 0) is 26.7 Å². The molecule has 3 aromatic heterocycles. The van der Waals surface area contributed by atoms with Crippen molar-refractivity contribution in [3.63, 3.8) is 0 Å². The summed E-state index contributed by atoms with van der Waals surface area (Å²) in [6.45, 7) is 3.06. The molecule has 0 aliphatic carbocycles. The second-order valence-corrected chi connectivity index (χ2v) is 9.79. The number of hydrogen-bond acceptors (Lipinski definition) is 7. The van der Waals surface area contributed by atoms with Gasteiger partial charge in [-0.25, -0.2) is 9.78 Å². The van der Waals surface area contributed by atoms with Crippen molar-refractivity contribution < 1.29 is 19.0 Å². The fraction of sp³-hybridized carbons (Fsp3) is 0.267. The third-order valence-corrected chi connectivity index (χ3v) is 7.44. The van der Waals surface area contributed by atoms with Gasteiger partial charge < -0.3 is 14.2 Å². The van der Waals surface area contributed by atoms with Gasteiger partial charge in [-0.3, -0.25) is 18.9 Å². The van der Waals surface area contributed by atoms with Crippen molar-refractivity contribution in [2.24, 2.45) is 7.05 Å². The lowest BCUT2D eigenvalue weighted by molar-refractivity contribution is -0.151. The lowest BCUT2D eigenvalue weighted by Gasteiger charge is -2.41. The smallest absolute Gasteiger partial charge is 0.333 e. The number of carbonyl (C=O) groups excluding carboxylic acids is 1. The van der Waals surface area contributed by atoms with Crippen LogP contribution in [0.25, 0.3) is 38.8 Å². The number of benzene rings is 2. The molecule has 9 nitrogen and oxygen atoms in total. The second kappa shape index (κ2) is 9.67. The standard InChI is InChI=1S/C30H28N4O5/c1-4-39-27(35)14-30(17-38-18-30)21-7-9-22(10-8-21)34-28-23-13-19(20-6-12-26(37-3)32-15-20)5-11-24(23)31-16-25(28)33(2)29(34)36/h5-13,15-16H,4,14,17-18H2,1-3H3. The minimum atomic E-state index is -0.410. The molecule has 4 heterocycles. The van der Waals surface area contributed by atoms with Crippen LogP contribution in [0, 0.1) is 0 Å². The minimum absolute atomic E-state index is 0.170. The highest BCUT2D eigenvalue weighted by Crippen LogP contribution is 2.37. The van der Waals surface area contributed by atoms with E-state index in [1.807, 2.05) is 54.6 Å². The minimum Gasteiger partial charge on any atom is -0.481 e. The Hall–Kier alpha value is -4.50. The van der Waals surface area contributed by atoms with Gasteiger partial charge in [0.25, 0.3) is 0 Å². The van der Waals surface area contributed by atoms with E-state index in [1.165, 1.54) is 0 Å². The normalized spacial score (nSPS) is 14.3. The molecule has 0 atom stereocenters. The van der Waals surface area contributed by atoms with Gasteiger partial charge >= 0.3 is 11.7 Å². The summed E-state index contributed by atoms with van der Waals surface area (Å²) in [7, 11) is 3.34. The summed E-state index contributed by atoms with van der Waals surface area (Å²) in [5.41, 5.74) is 5.30. The van der Waals surface area contributed by atoms with E-state index in [2.05, 4.69) is 9.97 Å². The number of rotatable bonds is 7. The van der Waals surface area contributed by atoms with Crippen LogP contribution in [0.2, 0.25) is 0 Å². The van der Waals surface area contributed by atoms with Gasteiger partial charge in [0.05, 0.1) is 67.2 Å². The highest BCUT2D eigenvalue weighted by molar-refractivity contribution is 6.04. The molecule has 1 fully saturated rings. The number of aryl methyl sites for hydroxylation is 1. The molecule has 0 radical (unpaired) electrons. The summed E-state index contributed by atoms with van der Waals surface area (Å²) < 4.78 is 19.2. The Bertz CT molecular complexity index is 1750. The van der Waals surface area contributed by atoms with E-state index >= 15 is 0 Å². The predicted molar refractivity (Wildman–Crippen MR) is 147 cm³/mol. The highest BCUT2D eigenvalue weighted by atomic mass is 16.5. The highest BCUT2D eigenvalue weighted by Gasteiger charge is 2.42. The van der Waals surface area contributed by atoms with Gasteiger partial charge in [0.15, 0.2) is 0 Å². The van der Waals surface area contributed by atoms with Crippen molar-refractivity contribution in [1.29, 1.82) is 0 Å². The van der Waals surface area contributed by atoms with E-state index in [1.54, 1.807) is 42.6 Å². The topological polar surface area (TPSA) is 97.5 Å². The molecule has 0 spiro atoms. The van der Waals surface area contributed by atoms with Crippen molar-refractivity contribution in [3.05, 3.63) is 83.0 Å². The first-order chi connectivity index (χ1) is 18.9. The van der Waals surface area contributed by atoms with Gasteiger partial charge in [-0.05, 0) is 48.4 Å². The molecule has 39 heavy (non-hydrogen) atoms. The predicted octanol–water partition coefficient (Wildman–Crippen LogP) is 4.17. The van der Waals surface area contributed by atoms with E-state index in [0.29, 0.717) is 25.7 Å². The van der Waals surface area contributed by atoms with Crippen LogP contribution in [0.4, 0.5) is 0 Å². The van der Waals surface area contributed by atoms with Crippen LogP contribution in [-0.4, -0.2) is 52.0 Å². The number of imidazole rings is 1. The molecule has 1 aliphatic heterocycles. The first-order valence-corrected chi connectivity index (χ1v) is 12.8. The number of esters is 1. The lowest BCUT2D eigenvalue weighted by Crippen LogP contribution is -2.48. The largest absolute Gasteiger partial charge is 0.481 e. The first-order valence-electron chi connectivity index (χ1n) is 12.8. The third-order valence-electron chi connectivity index (χ3n) is 7.44. The number of nitrogens with zero attached hydrogens (tertiary/aromatic N) is 4. The van der Waals surface area contributed by atoms with Gasteiger partial charge in [0.2, 0.25) is 5.88 Å². The maximum absolute atomic E-state index is 13.5. The van der Waals surface area contributed by atoms with Crippen molar-refractivity contribution in [2.45, 2.75) is 18.8 Å². The Morgan fingerprint density at radius 1 is 1.03 bits per heavy atom. The maximum atomic E-state index is 13.5. The molecule has 1 aliphatic rings. The Morgan fingerprint density at radius 2 is 1.79 bits per heavy atom. The summed E-state index contributed by atoms with van der Waals surface area (Å²) in [5, 5.41) is 0.855. The van der Waals surface area contributed by atoms with E-state index in [4.69, 9.17) is 14.2 Å². The monoisotopic (exact) mass is 524 g/mol. The molecular weight excluding hydrogens is 496 g/mol. The van der Waals surface area contributed by atoms with Gasteiger partial charge in [-0.1, -0.05) is 18.2 Å². The van der Waals surface area contributed by atoms with Crippen molar-refractivity contribution in [3.8, 4) is 22.7 Å². The molecule has 0 amide bonds. The number of hydrogen-bond donors (Lipinski definition) is 0. The van der Waals surface area contributed by atoms with E-state index < -0.39 is 5.41 Å². The quantitative estimate of drug-likeness (QED) is 0.295. The van der Waals surface area contributed by atoms with Crippen molar-refractivity contribution in [2.75, 3.05) is 26.9 Å². The molecule has 0 N–H and O–H groups in total. The zero-order valence-electron chi connectivity index (χ0n) is 22.0. The van der Waals surface area contributed by atoms with E-state index in [9.17, 15) is 9.59 Å². The fourth-order valence-electron chi connectivity index (χ4n) is 5.26. The molecule has 6 rings (SSSR count). The zero-order valence-corrected chi connectivity index (χ0v) is 22.0. The summed E-state index contributed by atoms with van der Waals surface area (Å²) in [6, 6.07) is 17.5. The Balaban J connectivity index is 1.46. The van der Waals surface area contributed by atoms with Crippen molar-refractivity contribution >= 4 is 27.9 Å². The molecule has 0 unspecified atom stereocenters. The molecule has 2 aromatic carbocycles. The van der Waals surface area contributed by atoms with Crippen LogP contribution >= 0.6 is 0 Å². The van der Waals surface area contributed by atoms with Gasteiger partial charge in [-0.15, -0.1) is 0 Å². The maximum Gasteiger partial charge on any atom is 0.333 e. The summed E-state index contributed by atoms with van der Waals surface area (Å²) in [5.74, 6) is 0.304. The van der Waals surface area contributed by atoms with Crippen LogP contribution < -0.4 is 10.4 Å². The molecule has 9 heteroatoms. The fourth-order valence-corrected chi connectivity index (χ4v) is 5.26. The van der Waals surface area contributed by atoms with E-state index in [0.717, 1.165) is 44.3 Å². The Kier molecular flexibility index (Phi) is 6.15. The zero-order chi connectivity index (χ0) is 27.1. The summed E-state index contributed by atoms with van der Waals surface area (Å²) in [4.78, 5) is 34.7. The number of carbonyl (C=O) groups is 1. The van der Waals surface area contributed by atoms with E-state index in [-0.39, 0.29) is 18.1 Å². The average Bonchev–Trinajstić information content (AvgIpc) is 3.20. The SMILES string of the molecule is CCOC(=O)CC1(c2ccc(-n3c(=O)n(C)c4cnc5ccc(-c6ccc(OC)nc6)cc5c43)cc2)COC1. The number of fused-ring (bicyclic) bond motifs is 3. The molecular formula is C30H28N4O5. The Morgan fingerprint density at radius 3 is 2.44 bits per heavy atom. The Labute approximate surface area is 224 Å². The first kappa shape index (κ1) is 24.8. The molecule has 198 valence electrons. The molecule has 5 aromatic rings. The van der Waals surface area contributed by atoms with Crippen LogP contribution in [0.3, 0.4) is 0 Å². The van der Waals surface area contributed by atoms with Gasteiger partial charge in [0.1, 0.15) is 0 Å². The molecule has 0 bridgehead atoms. The second-order valence-electron chi connectivity index (χ2n) is 9.79. The number of pyridine rings is 2. The summed E-state index contributed by atoms with van der Waals surface area (Å²) >= 11 is 0. The number of methoxy groups -OCH3 is 1. The third kappa shape index (κ3) is 4.15. The van der Waals surface area contributed by atoms with Crippen molar-refractivity contribution in [1.82, 2.24) is 19.1 Å². The van der Waals surface area contributed by atoms with Crippen LogP contribution in [0.1, 0.15) is 18.9 Å². The van der Waals surface area contributed by atoms with Gasteiger partial charge in [0, 0.05) is 30.3 Å². The van der Waals surface area contributed by atoms with Crippen LogP contribution in [0.15, 0.2) is 71.8 Å². The summed E-state index contributed by atoms with van der Waals surface area (Å²) in [6.07, 6.45) is 3.76. The average molecular weight is 525 g/mol.